The molecule has 4 nitrogen and oxygen atoms in total. The summed E-state index contributed by atoms with van der Waals surface area (Å²) in [4.78, 5) is 17.7. The molecule has 3 atom stereocenters. The predicted molar refractivity (Wildman–Crippen MR) is 71.2 cm³/mol. The van der Waals surface area contributed by atoms with Gasteiger partial charge in [-0.15, -0.1) is 0 Å². The summed E-state index contributed by atoms with van der Waals surface area (Å²) >= 11 is 0. The van der Waals surface area contributed by atoms with Crippen LogP contribution in [0.2, 0.25) is 0 Å². The molecule has 0 radical (unpaired) electrons. The van der Waals surface area contributed by atoms with E-state index in [-0.39, 0.29) is 13.0 Å². The average molecular weight is 237 g/mol. The van der Waals surface area contributed by atoms with E-state index in [0.717, 1.165) is 11.8 Å². The van der Waals surface area contributed by atoms with E-state index in [1.807, 2.05) is 0 Å². The topological polar surface area (TPSA) is 57.8 Å². The van der Waals surface area contributed by atoms with Crippen LogP contribution >= 0.6 is 0 Å². The molecule has 0 unspecified atom stereocenters. The van der Waals surface area contributed by atoms with Crippen molar-refractivity contribution in [2.75, 3.05) is 5.32 Å². The van der Waals surface area contributed by atoms with Crippen molar-refractivity contribution in [2.24, 2.45) is 11.8 Å². The number of aromatic nitrogens is 2. The standard InChI is InChI=1S/C12H19N3O.CH4/c1-3-9-5-10(4-8(9)2)15-11-6-12(16)14-7-13-11;/h6-10H,3-5H2,1-2H3,(H2,13,14,15,16);1H4/t8-,9-,10-;/m0./s1. The van der Waals surface area contributed by atoms with Gasteiger partial charge < -0.3 is 10.3 Å². The first-order chi connectivity index (χ1) is 7.69. The molecule has 1 aliphatic carbocycles. The van der Waals surface area contributed by atoms with Crippen LogP contribution in [0.4, 0.5) is 5.82 Å². The minimum absolute atomic E-state index is 0. The maximum Gasteiger partial charge on any atom is 0.252 e. The minimum atomic E-state index is -0.101. The van der Waals surface area contributed by atoms with Gasteiger partial charge in [-0.1, -0.05) is 27.7 Å². The molecule has 0 aromatic carbocycles. The van der Waals surface area contributed by atoms with Gasteiger partial charge in [0.05, 0.1) is 6.33 Å². The number of hydrogen-bond donors (Lipinski definition) is 2. The summed E-state index contributed by atoms with van der Waals surface area (Å²) in [6.07, 6.45) is 5.04. The molecule has 0 bridgehead atoms. The fraction of sp³-hybridized carbons (Fsp3) is 0.692. The summed E-state index contributed by atoms with van der Waals surface area (Å²) < 4.78 is 0. The maximum atomic E-state index is 11.1. The normalized spacial score (nSPS) is 27.5. The highest BCUT2D eigenvalue weighted by Gasteiger charge is 2.29. The third-order valence-electron chi connectivity index (χ3n) is 3.60. The van der Waals surface area contributed by atoms with E-state index in [2.05, 4.69) is 29.1 Å². The molecule has 0 aliphatic heterocycles. The van der Waals surface area contributed by atoms with Gasteiger partial charge in [0.2, 0.25) is 0 Å². The van der Waals surface area contributed by atoms with Crippen molar-refractivity contribution >= 4 is 5.82 Å². The second kappa shape index (κ2) is 5.84. The molecule has 1 aromatic rings. The largest absolute Gasteiger partial charge is 0.367 e. The molecule has 0 saturated heterocycles. The van der Waals surface area contributed by atoms with Crippen LogP contribution in [0.25, 0.3) is 0 Å². The van der Waals surface area contributed by atoms with Gasteiger partial charge in [-0.3, -0.25) is 4.79 Å². The Morgan fingerprint density at radius 2 is 2.29 bits per heavy atom. The SMILES string of the molecule is C.CC[C@H]1C[C@@H](Nc2cc(=O)[nH]cn2)C[C@@H]1C. The number of anilines is 1. The molecular formula is C13H23N3O. The van der Waals surface area contributed by atoms with E-state index in [0.29, 0.717) is 11.9 Å². The molecule has 0 spiro atoms. The Morgan fingerprint density at radius 1 is 1.53 bits per heavy atom. The van der Waals surface area contributed by atoms with E-state index in [4.69, 9.17) is 0 Å². The van der Waals surface area contributed by atoms with Crippen LogP contribution in [0.5, 0.6) is 0 Å². The van der Waals surface area contributed by atoms with Crippen molar-refractivity contribution in [1.29, 1.82) is 0 Å². The van der Waals surface area contributed by atoms with Crippen LogP contribution in [0, 0.1) is 11.8 Å². The fourth-order valence-electron chi connectivity index (χ4n) is 2.68. The van der Waals surface area contributed by atoms with Crippen LogP contribution < -0.4 is 10.9 Å². The fourth-order valence-corrected chi connectivity index (χ4v) is 2.68. The van der Waals surface area contributed by atoms with Gasteiger partial charge in [0.1, 0.15) is 5.82 Å². The first kappa shape index (κ1) is 13.7. The van der Waals surface area contributed by atoms with E-state index in [9.17, 15) is 4.79 Å². The third-order valence-corrected chi connectivity index (χ3v) is 3.60. The van der Waals surface area contributed by atoms with Crippen molar-refractivity contribution in [3.63, 3.8) is 0 Å². The Labute approximate surface area is 103 Å². The Morgan fingerprint density at radius 3 is 2.88 bits per heavy atom. The molecule has 1 aliphatic rings. The maximum absolute atomic E-state index is 11.1. The molecule has 96 valence electrons. The summed E-state index contributed by atoms with van der Waals surface area (Å²) in [5.41, 5.74) is -0.101. The Balaban J connectivity index is 0.00000144. The monoisotopic (exact) mass is 237 g/mol. The van der Waals surface area contributed by atoms with E-state index < -0.39 is 0 Å². The van der Waals surface area contributed by atoms with Gasteiger partial charge >= 0.3 is 0 Å². The van der Waals surface area contributed by atoms with E-state index >= 15 is 0 Å². The van der Waals surface area contributed by atoms with Gasteiger partial charge in [-0.05, 0) is 24.7 Å². The highest BCUT2D eigenvalue weighted by atomic mass is 16.1. The van der Waals surface area contributed by atoms with Crippen LogP contribution in [-0.4, -0.2) is 16.0 Å². The van der Waals surface area contributed by atoms with E-state index in [1.54, 1.807) is 0 Å². The first-order valence-corrected chi connectivity index (χ1v) is 6.00. The molecule has 1 saturated carbocycles. The number of rotatable bonds is 3. The Hall–Kier alpha value is -1.32. The lowest BCUT2D eigenvalue weighted by Gasteiger charge is -2.12. The molecule has 0 amide bonds. The van der Waals surface area contributed by atoms with Crippen molar-refractivity contribution in [1.82, 2.24) is 9.97 Å². The second-order valence-electron chi connectivity index (χ2n) is 4.75. The number of nitrogens with one attached hydrogen (secondary N) is 2. The molecule has 2 N–H and O–H groups in total. The summed E-state index contributed by atoms with van der Waals surface area (Å²) in [5.74, 6) is 2.27. The smallest absolute Gasteiger partial charge is 0.252 e. The lowest BCUT2D eigenvalue weighted by Crippen LogP contribution is -2.18. The molecule has 1 heterocycles. The number of nitrogens with zero attached hydrogens (tertiary/aromatic N) is 1. The zero-order valence-corrected chi connectivity index (χ0v) is 9.86. The first-order valence-electron chi connectivity index (χ1n) is 6.00. The van der Waals surface area contributed by atoms with Crippen molar-refractivity contribution in [2.45, 2.75) is 46.6 Å². The Kier molecular flexibility index (Phi) is 4.73. The van der Waals surface area contributed by atoms with Crippen LogP contribution in [0.1, 0.15) is 40.5 Å². The number of hydrogen-bond acceptors (Lipinski definition) is 3. The lowest BCUT2D eigenvalue weighted by atomic mass is 9.96. The zero-order chi connectivity index (χ0) is 11.5. The summed E-state index contributed by atoms with van der Waals surface area (Å²) in [7, 11) is 0. The highest BCUT2D eigenvalue weighted by molar-refractivity contribution is 5.33. The Bertz CT molecular complexity index is 402. The summed E-state index contributed by atoms with van der Waals surface area (Å²) in [5, 5.41) is 3.35. The predicted octanol–water partition coefficient (Wildman–Crippen LogP) is 2.64. The summed E-state index contributed by atoms with van der Waals surface area (Å²) in [6.45, 7) is 4.55. The molecular weight excluding hydrogens is 214 g/mol. The van der Waals surface area contributed by atoms with Crippen molar-refractivity contribution in [3.8, 4) is 0 Å². The third kappa shape index (κ3) is 3.32. The molecule has 17 heavy (non-hydrogen) atoms. The average Bonchev–Trinajstić information content (AvgIpc) is 2.58. The molecule has 1 aromatic heterocycles. The molecule has 1 fully saturated rings. The minimum Gasteiger partial charge on any atom is -0.367 e. The van der Waals surface area contributed by atoms with Gasteiger partial charge in [-0.2, -0.15) is 0 Å². The van der Waals surface area contributed by atoms with Gasteiger partial charge in [0.25, 0.3) is 5.56 Å². The van der Waals surface area contributed by atoms with Crippen molar-refractivity contribution < 1.29 is 0 Å². The van der Waals surface area contributed by atoms with Crippen LogP contribution in [-0.2, 0) is 0 Å². The lowest BCUT2D eigenvalue weighted by molar-refractivity contribution is 0.407. The van der Waals surface area contributed by atoms with Gasteiger partial charge in [-0.25, -0.2) is 4.98 Å². The van der Waals surface area contributed by atoms with Crippen LogP contribution in [0.15, 0.2) is 17.2 Å². The zero-order valence-electron chi connectivity index (χ0n) is 9.86. The summed E-state index contributed by atoms with van der Waals surface area (Å²) in [6, 6.07) is 1.98. The number of H-pyrrole nitrogens is 1. The second-order valence-corrected chi connectivity index (χ2v) is 4.75. The molecule has 4 heteroatoms. The quantitative estimate of drug-likeness (QED) is 0.849. The highest BCUT2D eigenvalue weighted by Crippen LogP contribution is 2.34. The number of aromatic amines is 1. The van der Waals surface area contributed by atoms with E-state index in [1.165, 1.54) is 31.7 Å². The van der Waals surface area contributed by atoms with Gasteiger partial charge in [0.15, 0.2) is 0 Å². The van der Waals surface area contributed by atoms with Gasteiger partial charge in [0, 0.05) is 12.1 Å². The molecule has 2 rings (SSSR count). The van der Waals surface area contributed by atoms with Crippen LogP contribution in [0.3, 0.4) is 0 Å². The van der Waals surface area contributed by atoms with Crippen molar-refractivity contribution in [3.05, 3.63) is 22.7 Å².